The summed E-state index contributed by atoms with van der Waals surface area (Å²) in [6.07, 6.45) is -7.52. The predicted molar refractivity (Wildman–Crippen MR) is 146 cm³/mol. The Morgan fingerprint density at radius 2 is 1.76 bits per heavy atom. The van der Waals surface area contributed by atoms with E-state index in [1.807, 2.05) is 18.7 Å². The molecule has 0 spiro atoms. The Morgan fingerprint density at radius 1 is 1.07 bits per heavy atom. The third-order valence-corrected chi connectivity index (χ3v) is 7.69. The van der Waals surface area contributed by atoms with Crippen molar-refractivity contribution < 1.29 is 43.9 Å². The molecule has 1 aromatic heterocycles. The number of carboxylic acids is 1. The lowest BCUT2D eigenvalue weighted by atomic mass is 9.96. The van der Waals surface area contributed by atoms with Crippen molar-refractivity contribution in [2.45, 2.75) is 58.3 Å². The maximum absolute atomic E-state index is 14.1. The van der Waals surface area contributed by atoms with E-state index >= 15 is 0 Å². The molecule has 2 aromatic rings. The second-order valence-electron chi connectivity index (χ2n) is 10.1. The van der Waals surface area contributed by atoms with Crippen LogP contribution in [0.1, 0.15) is 46.7 Å². The monoisotopic (exact) mass is 574 g/mol. The van der Waals surface area contributed by atoms with Crippen molar-refractivity contribution in [2.24, 2.45) is 0 Å². The molecule has 12 nitrogen and oxygen atoms in total. The molecule has 0 aliphatic carbocycles. The molecule has 4 rings (SSSR count). The van der Waals surface area contributed by atoms with Crippen molar-refractivity contribution in [3.63, 3.8) is 0 Å². The van der Waals surface area contributed by atoms with Crippen LogP contribution in [-0.2, 0) is 14.3 Å². The van der Waals surface area contributed by atoms with E-state index in [0.717, 1.165) is 4.90 Å². The number of H-pyrrole nitrogens is 1. The number of aliphatic hydroxyl groups is 3. The highest BCUT2D eigenvalue weighted by atomic mass is 19.1. The summed E-state index contributed by atoms with van der Waals surface area (Å²) in [5.41, 5.74) is 2.52. The zero-order chi connectivity index (χ0) is 30.2. The first-order valence-electron chi connectivity index (χ1n) is 13.4. The van der Waals surface area contributed by atoms with Crippen LogP contribution >= 0.6 is 0 Å². The summed E-state index contributed by atoms with van der Waals surface area (Å²) in [7, 11) is 0. The van der Waals surface area contributed by atoms with Crippen LogP contribution in [0.25, 0.3) is 11.6 Å². The molecule has 13 heteroatoms. The van der Waals surface area contributed by atoms with Crippen LogP contribution in [0.2, 0.25) is 0 Å². The van der Waals surface area contributed by atoms with Crippen molar-refractivity contribution in [3.8, 4) is 0 Å². The molecule has 222 valence electrons. The number of rotatable bonds is 9. The molecule has 1 aromatic carbocycles. The molecule has 0 saturated carbocycles. The predicted octanol–water partition coefficient (Wildman–Crippen LogP) is 0.940. The van der Waals surface area contributed by atoms with Gasteiger partial charge in [0.2, 0.25) is 0 Å². The van der Waals surface area contributed by atoms with Crippen molar-refractivity contribution in [1.29, 1.82) is 0 Å². The number of anilines is 1. The van der Waals surface area contributed by atoms with Gasteiger partial charge < -0.3 is 45.3 Å². The van der Waals surface area contributed by atoms with Crippen molar-refractivity contribution >= 4 is 35.1 Å². The molecule has 2 aliphatic heterocycles. The average Bonchev–Trinajstić information content (AvgIpc) is 3.39. The first-order chi connectivity index (χ1) is 19.4. The SMILES string of the molecule is CCN(CC)CCN(C(=O)c1c(C)[nH]c(/C=C2\C(=O)Nc3ccc(F)cc32)c1C)[C@@H]1O[C@H](C(=O)O)[C@@H](O)C(O)[C@H]1O. The minimum absolute atomic E-state index is 0.00688. The van der Waals surface area contributed by atoms with Gasteiger partial charge in [0.25, 0.3) is 11.8 Å². The van der Waals surface area contributed by atoms with Crippen molar-refractivity contribution in [3.05, 3.63) is 52.1 Å². The number of ether oxygens (including phenoxy) is 1. The number of likely N-dealkylation sites (N-methyl/N-ethyl adjacent to an activating group) is 1. The Morgan fingerprint density at radius 3 is 2.39 bits per heavy atom. The van der Waals surface area contributed by atoms with E-state index in [1.54, 1.807) is 13.8 Å². The normalized spacial score (nSPS) is 25.0. The maximum Gasteiger partial charge on any atom is 0.335 e. The van der Waals surface area contributed by atoms with Gasteiger partial charge >= 0.3 is 5.97 Å². The van der Waals surface area contributed by atoms with E-state index in [-0.39, 0.29) is 17.7 Å². The number of aliphatic carboxylic acids is 1. The summed E-state index contributed by atoms with van der Waals surface area (Å²) in [6.45, 7) is 8.85. The van der Waals surface area contributed by atoms with E-state index < -0.39 is 54.2 Å². The maximum atomic E-state index is 14.1. The van der Waals surface area contributed by atoms with Crippen LogP contribution in [0.3, 0.4) is 0 Å². The fraction of sp³-hybridized carbons (Fsp3) is 0.464. The molecule has 1 unspecified atom stereocenters. The van der Waals surface area contributed by atoms with Crippen molar-refractivity contribution in [2.75, 3.05) is 31.5 Å². The molecular formula is C28H35FN4O8. The number of amides is 2. The molecule has 41 heavy (non-hydrogen) atoms. The quantitative estimate of drug-likeness (QED) is 0.238. The molecule has 0 radical (unpaired) electrons. The lowest BCUT2D eigenvalue weighted by Crippen LogP contribution is -2.65. The zero-order valence-corrected chi connectivity index (χ0v) is 23.2. The van der Waals surface area contributed by atoms with Crippen LogP contribution < -0.4 is 5.32 Å². The zero-order valence-electron chi connectivity index (χ0n) is 23.2. The Balaban J connectivity index is 1.74. The smallest absolute Gasteiger partial charge is 0.335 e. The van der Waals surface area contributed by atoms with Gasteiger partial charge in [0.1, 0.15) is 24.1 Å². The molecular weight excluding hydrogens is 539 g/mol. The number of aryl methyl sites for hydroxylation is 1. The number of benzene rings is 1. The summed E-state index contributed by atoms with van der Waals surface area (Å²) in [5, 5.41) is 43.6. The van der Waals surface area contributed by atoms with Crippen LogP contribution in [-0.4, -0.2) is 110 Å². The lowest BCUT2D eigenvalue weighted by molar-refractivity contribution is -0.252. The number of aliphatic hydroxyl groups excluding tert-OH is 3. The number of carboxylic acid groups (broad SMARTS) is 1. The van der Waals surface area contributed by atoms with Gasteiger partial charge in [-0.05, 0) is 56.8 Å². The molecule has 2 amide bonds. The third kappa shape index (κ3) is 5.76. The van der Waals surface area contributed by atoms with Gasteiger partial charge in [0.05, 0.1) is 11.1 Å². The molecule has 1 fully saturated rings. The summed E-state index contributed by atoms with van der Waals surface area (Å²) in [6, 6.07) is 3.94. The van der Waals surface area contributed by atoms with Gasteiger partial charge in [-0.1, -0.05) is 13.8 Å². The minimum atomic E-state index is -1.90. The fourth-order valence-corrected chi connectivity index (χ4v) is 5.29. The number of hydrogen-bond acceptors (Lipinski definition) is 8. The number of carbonyl (C=O) groups excluding carboxylic acids is 2. The molecule has 0 bridgehead atoms. The minimum Gasteiger partial charge on any atom is -0.479 e. The first-order valence-corrected chi connectivity index (χ1v) is 13.4. The third-order valence-electron chi connectivity index (χ3n) is 7.69. The number of aromatic amines is 1. The number of nitrogens with one attached hydrogen (secondary N) is 2. The van der Waals surface area contributed by atoms with Gasteiger partial charge in [-0.3, -0.25) is 9.59 Å². The van der Waals surface area contributed by atoms with E-state index in [1.165, 1.54) is 24.3 Å². The van der Waals surface area contributed by atoms with Gasteiger partial charge in [0, 0.05) is 35.7 Å². The Labute approximate surface area is 236 Å². The van der Waals surface area contributed by atoms with Gasteiger partial charge in [-0.2, -0.15) is 0 Å². The molecule has 5 atom stereocenters. The van der Waals surface area contributed by atoms with Crippen LogP contribution in [0.5, 0.6) is 0 Å². The van der Waals surface area contributed by atoms with Crippen LogP contribution in [0.15, 0.2) is 18.2 Å². The highest BCUT2D eigenvalue weighted by molar-refractivity contribution is 6.34. The molecule has 1 saturated heterocycles. The lowest BCUT2D eigenvalue weighted by Gasteiger charge is -2.44. The second kappa shape index (κ2) is 12.1. The van der Waals surface area contributed by atoms with Gasteiger partial charge in [0.15, 0.2) is 12.3 Å². The standard InChI is InChI=1S/C28H35FN4O8/c1-5-32(6-2)9-10-33(27-23(36)21(34)22(35)24(41-27)28(39)40)26(38)20-13(3)19(30-14(20)4)12-17-16-11-15(29)7-8-18(16)31-25(17)37/h7-8,11-12,21-24,27,30,34-36H,5-6,9-10H2,1-4H3,(H,31,37)(H,39,40)/b17-12-/t21?,22-,23+,24-,27+/m0/s1. The Kier molecular flexibility index (Phi) is 8.94. The fourth-order valence-electron chi connectivity index (χ4n) is 5.29. The highest BCUT2D eigenvalue weighted by Gasteiger charge is 2.50. The number of aromatic nitrogens is 1. The van der Waals surface area contributed by atoms with E-state index in [9.17, 15) is 39.2 Å². The van der Waals surface area contributed by atoms with E-state index in [0.29, 0.717) is 47.8 Å². The number of hydrogen-bond donors (Lipinski definition) is 6. The van der Waals surface area contributed by atoms with E-state index in [4.69, 9.17) is 4.74 Å². The Bertz CT molecular complexity index is 1370. The average molecular weight is 575 g/mol. The van der Waals surface area contributed by atoms with Crippen LogP contribution in [0, 0.1) is 19.7 Å². The molecule has 6 N–H and O–H groups in total. The summed E-state index contributed by atoms with van der Waals surface area (Å²) in [4.78, 5) is 44.7. The number of halogens is 1. The largest absolute Gasteiger partial charge is 0.479 e. The number of fused-ring (bicyclic) bond motifs is 1. The molecule has 2 aliphatic rings. The summed E-state index contributed by atoms with van der Waals surface area (Å²) >= 11 is 0. The summed E-state index contributed by atoms with van der Waals surface area (Å²) < 4.78 is 19.5. The van der Waals surface area contributed by atoms with Gasteiger partial charge in [-0.25, -0.2) is 9.18 Å². The van der Waals surface area contributed by atoms with Gasteiger partial charge in [-0.15, -0.1) is 0 Å². The van der Waals surface area contributed by atoms with E-state index in [2.05, 4.69) is 10.3 Å². The number of nitrogens with zero attached hydrogens (tertiary/aromatic N) is 2. The topological polar surface area (TPSA) is 176 Å². The second-order valence-corrected chi connectivity index (χ2v) is 10.1. The Hall–Kier alpha value is -3.62. The molecule has 3 heterocycles. The summed E-state index contributed by atoms with van der Waals surface area (Å²) in [5.74, 6) is -3.12. The van der Waals surface area contributed by atoms with Crippen LogP contribution in [0.4, 0.5) is 10.1 Å². The first kappa shape index (κ1) is 30.3. The number of carbonyl (C=O) groups is 3. The van der Waals surface area contributed by atoms with Crippen molar-refractivity contribution in [1.82, 2.24) is 14.8 Å². The highest BCUT2D eigenvalue weighted by Crippen LogP contribution is 2.35.